The van der Waals surface area contributed by atoms with Crippen molar-refractivity contribution in [3.8, 4) is 0 Å². The van der Waals surface area contributed by atoms with Gasteiger partial charge in [-0.15, -0.1) is 0 Å². The molecule has 2 aromatic rings. The van der Waals surface area contributed by atoms with Gasteiger partial charge in [-0.1, -0.05) is 18.6 Å². The van der Waals surface area contributed by atoms with E-state index in [0.29, 0.717) is 24.1 Å². The van der Waals surface area contributed by atoms with Crippen LogP contribution in [-0.2, 0) is 0 Å². The Labute approximate surface area is 140 Å². The van der Waals surface area contributed by atoms with Crippen LogP contribution in [0.15, 0.2) is 39.5 Å². The summed E-state index contributed by atoms with van der Waals surface area (Å²) in [6.45, 7) is 2.21. The number of hydrogen-bond acceptors (Lipinski definition) is 5. The van der Waals surface area contributed by atoms with Gasteiger partial charge >= 0.3 is 0 Å². The first-order chi connectivity index (χ1) is 11.7. The fourth-order valence-electron chi connectivity index (χ4n) is 3.18. The lowest BCUT2D eigenvalue weighted by molar-refractivity contribution is 0.0835. The Morgan fingerprint density at radius 3 is 3.00 bits per heavy atom. The SMILES string of the molecule is O=C(NCCN1CCCC[C@@H]1CO)c1cc(=O)c2ccccc2o1. The Kier molecular flexibility index (Phi) is 5.27. The highest BCUT2D eigenvalue weighted by molar-refractivity contribution is 5.93. The zero-order valence-electron chi connectivity index (χ0n) is 13.5. The van der Waals surface area contributed by atoms with Gasteiger partial charge in [-0.25, -0.2) is 0 Å². The third-order valence-electron chi connectivity index (χ3n) is 4.50. The van der Waals surface area contributed by atoms with Crippen LogP contribution in [0, 0.1) is 0 Å². The predicted octanol–water partition coefficient (Wildman–Crippen LogP) is 1.37. The van der Waals surface area contributed by atoms with Gasteiger partial charge in [-0.05, 0) is 31.5 Å². The molecule has 24 heavy (non-hydrogen) atoms. The molecule has 0 aliphatic carbocycles. The summed E-state index contributed by atoms with van der Waals surface area (Å²) in [5.74, 6) is -0.369. The molecule has 0 radical (unpaired) electrons. The van der Waals surface area contributed by atoms with Crippen LogP contribution in [0.3, 0.4) is 0 Å². The second-order valence-electron chi connectivity index (χ2n) is 6.10. The van der Waals surface area contributed by atoms with E-state index >= 15 is 0 Å². The maximum Gasteiger partial charge on any atom is 0.287 e. The highest BCUT2D eigenvalue weighted by Gasteiger charge is 2.21. The number of hydrogen-bond donors (Lipinski definition) is 2. The molecule has 0 bridgehead atoms. The number of nitrogens with zero attached hydrogens (tertiary/aromatic N) is 1. The molecule has 2 heterocycles. The number of benzene rings is 1. The zero-order valence-corrected chi connectivity index (χ0v) is 13.5. The zero-order chi connectivity index (χ0) is 16.9. The van der Waals surface area contributed by atoms with E-state index < -0.39 is 5.91 Å². The highest BCUT2D eigenvalue weighted by Crippen LogP contribution is 2.16. The number of amides is 1. The monoisotopic (exact) mass is 330 g/mol. The minimum absolute atomic E-state index is 0.0241. The molecule has 1 saturated heterocycles. The molecule has 1 aromatic heterocycles. The molecule has 6 heteroatoms. The normalized spacial score (nSPS) is 18.6. The van der Waals surface area contributed by atoms with Crippen LogP contribution in [-0.4, -0.2) is 48.2 Å². The molecule has 1 amide bonds. The lowest BCUT2D eigenvalue weighted by atomic mass is 10.0. The van der Waals surface area contributed by atoms with Crippen molar-refractivity contribution < 1.29 is 14.3 Å². The molecule has 1 fully saturated rings. The average molecular weight is 330 g/mol. The number of fused-ring (bicyclic) bond motifs is 1. The maximum atomic E-state index is 12.2. The van der Waals surface area contributed by atoms with Crippen molar-refractivity contribution in [3.05, 3.63) is 46.3 Å². The third-order valence-corrected chi connectivity index (χ3v) is 4.50. The second-order valence-corrected chi connectivity index (χ2v) is 6.10. The quantitative estimate of drug-likeness (QED) is 0.865. The fourth-order valence-corrected chi connectivity index (χ4v) is 3.18. The Bertz CT molecular complexity index is 771. The van der Waals surface area contributed by atoms with Gasteiger partial charge in [0.15, 0.2) is 11.2 Å². The third kappa shape index (κ3) is 3.66. The Balaban J connectivity index is 1.62. The number of nitrogens with one attached hydrogen (secondary N) is 1. The topological polar surface area (TPSA) is 82.8 Å². The largest absolute Gasteiger partial charge is 0.451 e. The molecule has 6 nitrogen and oxygen atoms in total. The molecule has 1 aliphatic rings. The predicted molar refractivity (Wildman–Crippen MR) is 91.1 cm³/mol. The molecule has 2 N–H and O–H groups in total. The Hall–Kier alpha value is -2.18. The fraction of sp³-hybridized carbons (Fsp3) is 0.444. The van der Waals surface area contributed by atoms with Crippen LogP contribution < -0.4 is 10.7 Å². The standard InChI is InChI=1S/C18H22N2O4/c21-12-13-5-3-4-9-20(13)10-8-19-18(23)17-11-15(22)14-6-1-2-7-16(14)24-17/h1-2,6-7,11,13,21H,3-5,8-10,12H2,(H,19,23)/t13-/m1/s1. The molecule has 0 saturated carbocycles. The summed E-state index contributed by atoms with van der Waals surface area (Å²) >= 11 is 0. The van der Waals surface area contributed by atoms with E-state index in [9.17, 15) is 14.7 Å². The van der Waals surface area contributed by atoms with Gasteiger partial charge in [0.25, 0.3) is 5.91 Å². The molecule has 1 aliphatic heterocycles. The van der Waals surface area contributed by atoms with Gasteiger partial charge in [0.1, 0.15) is 5.58 Å². The Morgan fingerprint density at radius 1 is 1.33 bits per heavy atom. The molecular formula is C18H22N2O4. The van der Waals surface area contributed by atoms with E-state index in [1.165, 1.54) is 6.07 Å². The second kappa shape index (κ2) is 7.59. The first-order valence-electron chi connectivity index (χ1n) is 8.35. The Morgan fingerprint density at radius 2 is 2.17 bits per heavy atom. The van der Waals surface area contributed by atoms with Gasteiger partial charge in [-0.3, -0.25) is 14.5 Å². The summed E-state index contributed by atoms with van der Waals surface area (Å²) in [7, 11) is 0. The van der Waals surface area contributed by atoms with Gasteiger partial charge in [0.05, 0.1) is 12.0 Å². The van der Waals surface area contributed by atoms with Crippen LogP contribution >= 0.6 is 0 Å². The molecule has 0 spiro atoms. The molecule has 128 valence electrons. The van der Waals surface area contributed by atoms with E-state index in [4.69, 9.17) is 4.42 Å². The van der Waals surface area contributed by atoms with Crippen molar-refractivity contribution in [2.75, 3.05) is 26.2 Å². The molecule has 0 unspecified atom stereocenters. The number of carbonyl (C=O) groups excluding carboxylic acids is 1. The van der Waals surface area contributed by atoms with E-state index in [0.717, 1.165) is 25.8 Å². The van der Waals surface area contributed by atoms with E-state index in [1.807, 2.05) is 0 Å². The number of rotatable bonds is 5. The first-order valence-corrected chi connectivity index (χ1v) is 8.35. The number of para-hydroxylation sites is 1. The summed E-state index contributed by atoms with van der Waals surface area (Å²) in [5.41, 5.74) is 0.185. The van der Waals surface area contributed by atoms with Gasteiger partial charge in [0, 0.05) is 25.2 Å². The summed E-state index contributed by atoms with van der Waals surface area (Å²) in [6.07, 6.45) is 3.24. The maximum absolute atomic E-state index is 12.2. The van der Waals surface area contributed by atoms with Gasteiger partial charge < -0.3 is 14.8 Å². The lowest BCUT2D eigenvalue weighted by Crippen LogP contribution is -2.45. The van der Waals surface area contributed by atoms with Gasteiger partial charge in [-0.2, -0.15) is 0 Å². The van der Waals surface area contributed by atoms with Crippen molar-refractivity contribution in [2.45, 2.75) is 25.3 Å². The smallest absolute Gasteiger partial charge is 0.287 e. The lowest BCUT2D eigenvalue weighted by Gasteiger charge is -2.34. The minimum atomic E-state index is -0.393. The van der Waals surface area contributed by atoms with Crippen molar-refractivity contribution in [2.24, 2.45) is 0 Å². The van der Waals surface area contributed by atoms with Crippen molar-refractivity contribution in [3.63, 3.8) is 0 Å². The number of aliphatic hydroxyl groups excluding tert-OH is 1. The van der Waals surface area contributed by atoms with Crippen LogP contribution in [0.5, 0.6) is 0 Å². The van der Waals surface area contributed by atoms with E-state index in [2.05, 4.69) is 10.2 Å². The summed E-state index contributed by atoms with van der Waals surface area (Å²) in [4.78, 5) is 26.4. The van der Waals surface area contributed by atoms with E-state index in [1.54, 1.807) is 24.3 Å². The van der Waals surface area contributed by atoms with Crippen molar-refractivity contribution >= 4 is 16.9 Å². The number of likely N-dealkylation sites (tertiary alicyclic amines) is 1. The average Bonchev–Trinajstić information content (AvgIpc) is 2.62. The van der Waals surface area contributed by atoms with Crippen LogP contribution in [0.1, 0.15) is 29.8 Å². The van der Waals surface area contributed by atoms with Crippen LogP contribution in [0.2, 0.25) is 0 Å². The number of piperidine rings is 1. The van der Waals surface area contributed by atoms with Crippen molar-refractivity contribution in [1.29, 1.82) is 0 Å². The van der Waals surface area contributed by atoms with Gasteiger partial charge in [0.2, 0.25) is 0 Å². The highest BCUT2D eigenvalue weighted by atomic mass is 16.3. The summed E-state index contributed by atoms with van der Waals surface area (Å²) in [6, 6.07) is 8.28. The number of aliphatic hydroxyl groups is 1. The van der Waals surface area contributed by atoms with Crippen LogP contribution in [0.25, 0.3) is 11.0 Å². The molecular weight excluding hydrogens is 308 g/mol. The molecule has 1 aromatic carbocycles. The number of carbonyl (C=O) groups is 1. The molecule has 1 atom stereocenters. The van der Waals surface area contributed by atoms with Crippen molar-refractivity contribution in [1.82, 2.24) is 10.2 Å². The summed E-state index contributed by atoms with van der Waals surface area (Å²) < 4.78 is 5.52. The molecule has 3 rings (SSSR count). The minimum Gasteiger partial charge on any atom is -0.451 e. The first kappa shape index (κ1) is 16.7. The van der Waals surface area contributed by atoms with Crippen LogP contribution in [0.4, 0.5) is 0 Å². The summed E-state index contributed by atoms with van der Waals surface area (Å²) in [5, 5.41) is 12.7. The van der Waals surface area contributed by atoms with E-state index in [-0.39, 0.29) is 23.8 Å².